The van der Waals surface area contributed by atoms with Gasteiger partial charge in [0.25, 0.3) is 5.91 Å². The van der Waals surface area contributed by atoms with Gasteiger partial charge in [0.1, 0.15) is 5.58 Å². The molecule has 0 unspecified atom stereocenters. The number of halogens is 1. The molecule has 3 aromatic rings. The molecule has 1 aromatic carbocycles. The lowest BCUT2D eigenvalue weighted by Crippen LogP contribution is -2.24. The fourth-order valence-electron chi connectivity index (χ4n) is 2.21. The van der Waals surface area contributed by atoms with E-state index in [9.17, 15) is 4.79 Å². The normalized spacial score (nSPS) is 11.0. The molecule has 0 aliphatic carbocycles. The van der Waals surface area contributed by atoms with Crippen LogP contribution in [0.1, 0.15) is 28.4 Å². The molecule has 6 nitrogen and oxygen atoms in total. The Morgan fingerprint density at radius 3 is 3.00 bits per heavy atom. The highest BCUT2D eigenvalue weighted by molar-refractivity contribution is 9.10. The molecule has 0 atom stereocenters. The first kappa shape index (κ1) is 14.8. The van der Waals surface area contributed by atoms with Crippen LogP contribution in [0.2, 0.25) is 0 Å². The summed E-state index contributed by atoms with van der Waals surface area (Å²) in [4.78, 5) is 12.1. The number of carbonyl (C=O) groups excluding carboxylic acids is 1. The molecule has 7 heteroatoms. The zero-order chi connectivity index (χ0) is 15.5. The third-order valence-corrected chi connectivity index (χ3v) is 3.89. The van der Waals surface area contributed by atoms with Crippen molar-refractivity contribution in [1.29, 1.82) is 0 Å². The lowest BCUT2D eigenvalue weighted by Gasteiger charge is -2.02. The van der Waals surface area contributed by atoms with Crippen molar-refractivity contribution in [2.75, 3.05) is 6.54 Å². The van der Waals surface area contributed by atoms with Crippen LogP contribution in [0, 0.1) is 6.92 Å². The Hall–Kier alpha value is -2.15. The molecular weight excluding hydrogens is 348 g/mol. The van der Waals surface area contributed by atoms with Crippen LogP contribution in [0.3, 0.4) is 0 Å². The maximum Gasteiger partial charge on any atom is 0.287 e. The first-order valence-corrected chi connectivity index (χ1v) is 7.76. The predicted molar refractivity (Wildman–Crippen MR) is 85.7 cm³/mol. The number of aromatic amines is 1. The molecule has 22 heavy (non-hydrogen) atoms. The van der Waals surface area contributed by atoms with Gasteiger partial charge in [-0.2, -0.15) is 15.4 Å². The Balaban J connectivity index is 1.55. The Bertz CT molecular complexity index is 809. The van der Waals surface area contributed by atoms with E-state index >= 15 is 0 Å². The Morgan fingerprint density at radius 2 is 2.23 bits per heavy atom. The van der Waals surface area contributed by atoms with Gasteiger partial charge in [-0.1, -0.05) is 15.9 Å². The van der Waals surface area contributed by atoms with Gasteiger partial charge in [-0.15, -0.1) is 0 Å². The van der Waals surface area contributed by atoms with Gasteiger partial charge in [0.2, 0.25) is 0 Å². The third kappa shape index (κ3) is 3.19. The van der Waals surface area contributed by atoms with Crippen LogP contribution < -0.4 is 5.32 Å². The number of aromatic nitrogens is 3. The minimum Gasteiger partial charge on any atom is -0.451 e. The molecule has 0 saturated heterocycles. The second kappa shape index (κ2) is 6.31. The number of H-pyrrole nitrogens is 1. The SMILES string of the molecule is Cc1n[nH]nc1CCCNC(=O)c1cc2cc(Br)ccc2o1. The molecule has 1 amide bonds. The summed E-state index contributed by atoms with van der Waals surface area (Å²) < 4.78 is 6.50. The second-order valence-corrected chi connectivity index (χ2v) is 5.92. The standard InChI is InChI=1S/C15H15BrN4O2/c1-9-12(19-20-18-9)3-2-6-17-15(21)14-8-10-7-11(16)4-5-13(10)22-14/h4-5,7-8H,2-3,6H2,1H3,(H,17,21)(H,18,19,20). The molecule has 2 aromatic heterocycles. The Labute approximate surface area is 135 Å². The molecule has 0 spiro atoms. The first-order valence-electron chi connectivity index (χ1n) is 6.97. The Morgan fingerprint density at radius 1 is 1.36 bits per heavy atom. The molecule has 2 heterocycles. The summed E-state index contributed by atoms with van der Waals surface area (Å²) in [7, 11) is 0. The number of nitrogens with zero attached hydrogens (tertiary/aromatic N) is 2. The zero-order valence-electron chi connectivity index (χ0n) is 12.0. The van der Waals surface area contributed by atoms with Crippen molar-refractivity contribution in [2.45, 2.75) is 19.8 Å². The molecule has 0 fully saturated rings. The summed E-state index contributed by atoms with van der Waals surface area (Å²) in [5.74, 6) is 0.120. The maximum atomic E-state index is 12.1. The van der Waals surface area contributed by atoms with Gasteiger partial charge in [0.15, 0.2) is 5.76 Å². The number of hydrogen-bond acceptors (Lipinski definition) is 4. The predicted octanol–water partition coefficient (Wildman–Crippen LogP) is 2.98. The average Bonchev–Trinajstić information content (AvgIpc) is 3.09. The van der Waals surface area contributed by atoms with Gasteiger partial charge in [0.05, 0.1) is 11.4 Å². The summed E-state index contributed by atoms with van der Waals surface area (Å²) in [6.45, 7) is 2.47. The van der Waals surface area contributed by atoms with E-state index in [0.717, 1.165) is 34.1 Å². The van der Waals surface area contributed by atoms with E-state index in [1.807, 2.05) is 25.1 Å². The highest BCUT2D eigenvalue weighted by Gasteiger charge is 2.12. The molecule has 3 rings (SSSR count). The first-order chi connectivity index (χ1) is 10.6. The van der Waals surface area contributed by atoms with Crippen LogP contribution >= 0.6 is 15.9 Å². The van der Waals surface area contributed by atoms with E-state index in [1.165, 1.54) is 0 Å². The van der Waals surface area contributed by atoms with Gasteiger partial charge in [0, 0.05) is 16.4 Å². The van der Waals surface area contributed by atoms with Crippen molar-refractivity contribution in [2.24, 2.45) is 0 Å². The fourth-order valence-corrected chi connectivity index (χ4v) is 2.59. The summed E-state index contributed by atoms with van der Waals surface area (Å²) >= 11 is 3.40. The van der Waals surface area contributed by atoms with Crippen molar-refractivity contribution >= 4 is 32.8 Å². The number of hydrogen-bond donors (Lipinski definition) is 2. The van der Waals surface area contributed by atoms with Crippen LogP contribution in [0.15, 0.2) is 33.2 Å². The van der Waals surface area contributed by atoms with E-state index in [1.54, 1.807) is 6.07 Å². The van der Waals surface area contributed by atoms with E-state index in [4.69, 9.17) is 4.42 Å². The molecule has 0 aliphatic heterocycles. The Kier molecular flexibility index (Phi) is 4.24. The number of carbonyl (C=O) groups is 1. The average molecular weight is 363 g/mol. The highest BCUT2D eigenvalue weighted by atomic mass is 79.9. The van der Waals surface area contributed by atoms with Crippen LogP contribution in [0.4, 0.5) is 0 Å². The minimum atomic E-state index is -0.204. The summed E-state index contributed by atoms with van der Waals surface area (Å²) in [5.41, 5.74) is 2.53. The van der Waals surface area contributed by atoms with E-state index in [2.05, 4.69) is 36.7 Å². The molecule has 0 radical (unpaired) electrons. The lowest BCUT2D eigenvalue weighted by atomic mass is 10.2. The smallest absolute Gasteiger partial charge is 0.287 e. The molecule has 2 N–H and O–H groups in total. The fraction of sp³-hybridized carbons (Fsp3) is 0.267. The van der Waals surface area contributed by atoms with E-state index in [-0.39, 0.29) is 5.91 Å². The quantitative estimate of drug-likeness (QED) is 0.683. The largest absolute Gasteiger partial charge is 0.451 e. The number of aryl methyl sites for hydroxylation is 2. The van der Waals surface area contributed by atoms with Gasteiger partial charge < -0.3 is 9.73 Å². The minimum absolute atomic E-state index is 0.204. The van der Waals surface area contributed by atoms with Crippen molar-refractivity contribution in [3.05, 3.63) is 45.9 Å². The van der Waals surface area contributed by atoms with Crippen molar-refractivity contribution in [3.63, 3.8) is 0 Å². The van der Waals surface area contributed by atoms with Gasteiger partial charge in [-0.05, 0) is 44.0 Å². The maximum absolute atomic E-state index is 12.1. The number of furan rings is 1. The summed E-state index contributed by atoms with van der Waals surface area (Å²) in [5, 5.41) is 14.4. The van der Waals surface area contributed by atoms with Gasteiger partial charge in [-0.25, -0.2) is 0 Å². The molecule has 0 saturated carbocycles. The topological polar surface area (TPSA) is 83.8 Å². The number of benzene rings is 1. The second-order valence-electron chi connectivity index (χ2n) is 5.01. The summed E-state index contributed by atoms with van der Waals surface area (Å²) in [6.07, 6.45) is 1.57. The lowest BCUT2D eigenvalue weighted by molar-refractivity contribution is 0.0927. The molecule has 114 valence electrons. The molecular formula is C15H15BrN4O2. The van der Waals surface area contributed by atoms with Crippen molar-refractivity contribution in [1.82, 2.24) is 20.7 Å². The number of nitrogens with one attached hydrogen (secondary N) is 2. The van der Waals surface area contributed by atoms with Crippen molar-refractivity contribution in [3.8, 4) is 0 Å². The monoisotopic (exact) mass is 362 g/mol. The molecule has 0 bridgehead atoms. The number of amides is 1. The van der Waals surface area contributed by atoms with Crippen molar-refractivity contribution < 1.29 is 9.21 Å². The van der Waals surface area contributed by atoms with E-state index < -0.39 is 0 Å². The number of fused-ring (bicyclic) bond motifs is 1. The van der Waals surface area contributed by atoms with Gasteiger partial charge in [-0.3, -0.25) is 4.79 Å². The van der Waals surface area contributed by atoms with Crippen LogP contribution in [0.25, 0.3) is 11.0 Å². The number of rotatable bonds is 5. The summed E-state index contributed by atoms with van der Waals surface area (Å²) in [6, 6.07) is 7.39. The van der Waals surface area contributed by atoms with E-state index in [0.29, 0.717) is 17.9 Å². The third-order valence-electron chi connectivity index (χ3n) is 3.40. The highest BCUT2D eigenvalue weighted by Crippen LogP contribution is 2.23. The van der Waals surface area contributed by atoms with Crippen LogP contribution in [-0.2, 0) is 6.42 Å². The van der Waals surface area contributed by atoms with Crippen LogP contribution in [-0.4, -0.2) is 27.9 Å². The van der Waals surface area contributed by atoms with Gasteiger partial charge >= 0.3 is 0 Å². The zero-order valence-corrected chi connectivity index (χ0v) is 13.6. The molecule has 0 aliphatic rings. The van der Waals surface area contributed by atoms with Crippen LogP contribution in [0.5, 0.6) is 0 Å².